The normalized spacial score (nSPS) is 30.5. The summed E-state index contributed by atoms with van der Waals surface area (Å²) in [6, 6.07) is 0. The van der Waals surface area contributed by atoms with Gasteiger partial charge in [0.1, 0.15) is 0 Å². The molecule has 0 amide bonds. The van der Waals surface area contributed by atoms with E-state index in [4.69, 9.17) is 4.74 Å². The summed E-state index contributed by atoms with van der Waals surface area (Å²) in [5, 5.41) is 30.9. The first-order valence-corrected chi connectivity index (χ1v) is 9.57. The second kappa shape index (κ2) is 12.3. The van der Waals surface area contributed by atoms with Crippen molar-refractivity contribution in [2.45, 2.75) is 76.6 Å². The van der Waals surface area contributed by atoms with Gasteiger partial charge in [-0.05, 0) is 31.3 Å². The van der Waals surface area contributed by atoms with Crippen LogP contribution in [0.3, 0.4) is 0 Å². The van der Waals surface area contributed by atoms with Crippen LogP contribution in [-0.4, -0.2) is 41.1 Å². The summed E-state index contributed by atoms with van der Waals surface area (Å²) in [6.45, 7) is 2.69. The molecule has 1 saturated heterocycles. The Labute approximate surface area is 178 Å². The number of unbranched alkanes of at least 4 members (excludes halogenated alkanes) is 3. The molecule has 0 spiro atoms. The van der Waals surface area contributed by atoms with Crippen molar-refractivity contribution in [1.29, 1.82) is 0 Å². The number of allylic oxidation sites excluding steroid dienone is 1. The second-order valence-corrected chi connectivity index (χ2v) is 7.25. The van der Waals surface area contributed by atoms with Crippen LogP contribution in [0.4, 0.5) is 0 Å². The van der Waals surface area contributed by atoms with E-state index >= 15 is 0 Å². The first-order chi connectivity index (χ1) is 12.0. The molecule has 0 aromatic rings. The molecule has 0 bridgehead atoms. The zero-order valence-corrected chi connectivity index (χ0v) is 18.1. The molecule has 1 aliphatic heterocycles. The number of carbonyl (C=O) groups excluding carboxylic acids is 1. The van der Waals surface area contributed by atoms with Crippen molar-refractivity contribution in [1.82, 2.24) is 0 Å². The van der Waals surface area contributed by atoms with Gasteiger partial charge in [-0.25, -0.2) is 0 Å². The Balaban J connectivity index is 0.00000338. The third-order valence-corrected chi connectivity index (χ3v) is 5.28. The standard InChI is InChI=1S/C20H32O5.Na/c1-2-3-4-8-15(21)10-11-16-17(22)12-18-20(16)14(13-25-18)7-5-6-9-19(23)24;/h7,10-11,15-18,20-22H,2-6,8-9,12-13H2,1H3,(H,23,24);/q;+1/p-1/b11-10?,14-7-;/t15-,16-,17+,18-,20+;/m0./s1. The summed E-state index contributed by atoms with van der Waals surface area (Å²) >= 11 is 0. The topological polar surface area (TPSA) is 89.8 Å². The molecule has 2 rings (SSSR count). The van der Waals surface area contributed by atoms with E-state index in [1.807, 2.05) is 12.2 Å². The van der Waals surface area contributed by atoms with Gasteiger partial charge >= 0.3 is 29.6 Å². The van der Waals surface area contributed by atoms with Gasteiger partial charge in [-0.1, -0.05) is 44.4 Å². The molecule has 0 aromatic heterocycles. The molecular weight excluding hydrogens is 343 g/mol. The Hall–Kier alpha value is -0.170. The van der Waals surface area contributed by atoms with E-state index in [1.165, 1.54) is 0 Å². The molecule has 6 heteroatoms. The largest absolute Gasteiger partial charge is 1.00 e. The number of carbonyl (C=O) groups is 1. The van der Waals surface area contributed by atoms with Crippen LogP contribution in [0.2, 0.25) is 0 Å². The summed E-state index contributed by atoms with van der Waals surface area (Å²) in [4.78, 5) is 10.5. The van der Waals surface area contributed by atoms with Crippen molar-refractivity contribution in [3.63, 3.8) is 0 Å². The van der Waals surface area contributed by atoms with Crippen LogP contribution in [0.1, 0.15) is 58.3 Å². The Bertz CT molecular complexity index is 491. The van der Waals surface area contributed by atoms with Crippen LogP contribution in [0.5, 0.6) is 0 Å². The van der Waals surface area contributed by atoms with Crippen molar-refractivity contribution < 1.29 is 54.4 Å². The summed E-state index contributed by atoms with van der Waals surface area (Å²) in [6.07, 6.45) is 10.9. The summed E-state index contributed by atoms with van der Waals surface area (Å²) < 4.78 is 5.80. The number of hydrogen-bond acceptors (Lipinski definition) is 5. The van der Waals surface area contributed by atoms with Gasteiger partial charge in [0.2, 0.25) is 0 Å². The molecular formula is C20H31NaO5. The number of fused-ring (bicyclic) bond motifs is 1. The molecule has 0 radical (unpaired) electrons. The quantitative estimate of drug-likeness (QED) is 0.283. The Kier molecular flexibility index (Phi) is 11.3. The van der Waals surface area contributed by atoms with Crippen molar-refractivity contribution in [2.75, 3.05) is 6.61 Å². The van der Waals surface area contributed by atoms with E-state index in [2.05, 4.69) is 13.0 Å². The summed E-state index contributed by atoms with van der Waals surface area (Å²) in [5.41, 5.74) is 1.15. The SMILES string of the molecule is CCCCC[C@H](O)C=C[C@@H]1[C@H]2/C(=C\CCCC(=O)[O-])CO[C@H]2C[C@H]1O.[Na+]. The van der Waals surface area contributed by atoms with Crippen LogP contribution in [-0.2, 0) is 9.53 Å². The number of aliphatic hydroxyl groups is 2. The van der Waals surface area contributed by atoms with Gasteiger partial charge < -0.3 is 24.9 Å². The van der Waals surface area contributed by atoms with Crippen LogP contribution in [0.15, 0.2) is 23.8 Å². The fourth-order valence-electron chi connectivity index (χ4n) is 3.92. The van der Waals surface area contributed by atoms with Gasteiger partial charge in [0.25, 0.3) is 0 Å². The zero-order chi connectivity index (χ0) is 18.2. The summed E-state index contributed by atoms with van der Waals surface area (Å²) in [7, 11) is 0. The predicted molar refractivity (Wildman–Crippen MR) is 93.6 cm³/mol. The Morgan fingerprint density at radius 1 is 1.38 bits per heavy atom. The van der Waals surface area contributed by atoms with E-state index in [0.717, 1.165) is 31.3 Å². The van der Waals surface area contributed by atoms with Crippen LogP contribution in [0, 0.1) is 11.8 Å². The zero-order valence-electron chi connectivity index (χ0n) is 16.1. The average Bonchev–Trinajstić information content (AvgIpc) is 3.08. The van der Waals surface area contributed by atoms with Gasteiger partial charge in [0.05, 0.1) is 24.9 Å². The maximum atomic E-state index is 10.5. The minimum Gasteiger partial charge on any atom is -0.550 e. The smallest absolute Gasteiger partial charge is 0.550 e. The average molecular weight is 374 g/mol. The molecule has 142 valence electrons. The van der Waals surface area contributed by atoms with Crippen molar-refractivity contribution in [3.05, 3.63) is 23.8 Å². The second-order valence-electron chi connectivity index (χ2n) is 7.25. The minimum absolute atomic E-state index is 0. The van der Waals surface area contributed by atoms with Crippen LogP contribution < -0.4 is 34.7 Å². The number of carboxylic acid groups (broad SMARTS) is 1. The van der Waals surface area contributed by atoms with Crippen molar-refractivity contribution in [3.8, 4) is 0 Å². The third kappa shape index (κ3) is 7.10. The van der Waals surface area contributed by atoms with E-state index in [0.29, 0.717) is 25.9 Å². The Morgan fingerprint density at radius 2 is 2.15 bits per heavy atom. The maximum absolute atomic E-state index is 10.5. The first-order valence-electron chi connectivity index (χ1n) is 9.57. The molecule has 2 aliphatic rings. The van der Waals surface area contributed by atoms with Gasteiger partial charge in [0, 0.05) is 24.2 Å². The summed E-state index contributed by atoms with van der Waals surface area (Å²) in [5.74, 6) is -0.925. The van der Waals surface area contributed by atoms with Gasteiger partial charge in [-0.3, -0.25) is 0 Å². The predicted octanol–water partition coefficient (Wildman–Crippen LogP) is -1.27. The van der Waals surface area contributed by atoms with E-state index in [1.54, 1.807) is 0 Å². The molecule has 5 atom stereocenters. The number of aliphatic carboxylic acids is 1. The van der Waals surface area contributed by atoms with E-state index < -0.39 is 18.2 Å². The fourth-order valence-corrected chi connectivity index (χ4v) is 3.92. The first kappa shape index (κ1) is 23.9. The van der Waals surface area contributed by atoms with Gasteiger partial charge in [-0.15, -0.1) is 0 Å². The van der Waals surface area contributed by atoms with E-state index in [9.17, 15) is 20.1 Å². The maximum Gasteiger partial charge on any atom is 1.00 e. The van der Waals surface area contributed by atoms with Gasteiger partial charge in [-0.2, -0.15) is 0 Å². The monoisotopic (exact) mass is 374 g/mol. The third-order valence-electron chi connectivity index (χ3n) is 5.28. The van der Waals surface area contributed by atoms with Crippen molar-refractivity contribution in [2.24, 2.45) is 11.8 Å². The molecule has 1 heterocycles. The van der Waals surface area contributed by atoms with E-state index in [-0.39, 0.29) is 53.9 Å². The van der Waals surface area contributed by atoms with Crippen LogP contribution in [0.25, 0.3) is 0 Å². The molecule has 1 saturated carbocycles. The minimum atomic E-state index is -1.02. The molecule has 0 aromatic carbocycles. The molecule has 0 unspecified atom stereocenters. The Morgan fingerprint density at radius 3 is 2.85 bits per heavy atom. The molecule has 5 nitrogen and oxygen atoms in total. The number of aliphatic hydroxyl groups excluding tert-OH is 2. The fraction of sp³-hybridized carbons (Fsp3) is 0.750. The van der Waals surface area contributed by atoms with Crippen LogP contribution >= 0.6 is 0 Å². The number of hydrogen-bond donors (Lipinski definition) is 2. The molecule has 2 N–H and O–H groups in total. The van der Waals surface area contributed by atoms with Crippen molar-refractivity contribution >= 4 is 5.97 Å². The van der Waals surface area contributed by atoms with Gasteiger partial charge in [0.15, 0.2) is 0 Å². The number of ether oxygens (including phenoxy) is 1. The number of rotatable bonds is 10. The molecule has 1 aliphatic carbocycles. The molecule has 26 heavy (non-hydrogen) atoms. The molecule has 2 fully saturated rings. The number of carboxylic acids is 1.